The second-order valence-corrected chi connectivity index (χ2v) is 13.8. The van der Waals surface area contributed by atoms with Crippen molar-refractivity contribution in [3.63, 3.8) is 0 Å². The number of carbonyl (C=O) groups is 4. The van der Waals surface area contributed by atoms with Crippen molar-refractivity contribution in [3.8, 4) is 5.75 Å². The number of carbonyl (C=O) groups excluding carboxylic acids is 4. The molecule has 1 saturated carbocycles. The molecule has 8 rings (SSSR count). The standard InChI is InChI=1S/C40H37N3O7/c1-23-7-11-26(12-8-23)41-43-37(47)32-21-31-29(16-17-30-34(31)38(48)42(36(30)46)20-19-24-9-13-27(45)14-10-24)35(33-18-15-28(22-44)50-33)40(32,39(43)49)25-5-3-2-4-6-25/h2-16,18,30-32,34-35,41,44-45H,17,19-22H2,1H3/t30-,31+,32-,34-,35+,40+/m0/s1. The van der Waals surface area contributed by atoms with Gasteiger partial charge in [0, 0.05) is 6.54 Å². The maximum absolute atomic E-state index is 15.1. The van der Waals surface area contributed by atoms with Crippen molar-refractivity contribution >= 4 is 29.3 Å². The van der Waals surface area contributed by atoms with Crippen LogP contribution in [0.2, 0.25) is 0 Å². The van der Waals surface area contributed by atoms with E-state index in [4.69, 9.17) is 4.42 Å². The Labute approximate surface area is 289 Å². The summed E-state index contributed by atoms with van der Waals surface area (Å²) in [6.45, 7) is 1.80. The van der Waals surface area contributed by atoms with Crippen LogP contribution >= 0.6 is 0 Å². The van der Waals surface area contributed by atoms with E-state index < -0.39 is 46.8 Å². The minimum atomic E-state index is -1.43. The Hall–Kier alpha value is -5.48. The molecule has 0 bridgehead atoms. The van der Waals surface area contributed by atoms with E-state index in [-0.39, 0.29) is 37.1 Å². The lowest BCUT2D eigenvalue weighted by Gasteiger charge is -2.49. The van der Waals surface area contributed by atoms with Crippen LogP contribution in [0.4, 0.5) is 5.69 Å². The first kappa shape index (κ1) is 31.8. The van der Waals surface area contributed by atoms with Crippen molar-refractivity contribution in [1.82, 2.24) is 9.91 Å². The number of aryl methyl sites for hydroxylation is 1. The number of aliphatic hydroxyl groups is 1. The maximum atomic E-state index is 15.1. The highest BCUT2D eigenvalue weighted by molar-refractivity contribution is 6.13. The van der Waals surface area contributed by atoms with Gasteiger partial charge >= 0.3 is 0 Å². The summed E-state index contributed by atoms with van der Waals surface area (Å²) < 4.78 is 6.23. The van der Waals surface area contributed by atoms with Crippen LogP contribution < -0.4 is 5.43 Å². The Morgan fingerprint density at radius 2 is 1.60 bits per heavy atom. The van der Waals surface area contributed by atoms with Crippen LogP contribution in [0, 0.1) is 30.6 Å². The fourth-order valence-corrected chi connectivity index (χ4v) is 8.88. The summed E-state index contributed by atoms with van der Waals surface area (Å²) in [5.41, 5.74) is 5.60. The molecule has 0 radical (unpaired) electrons. The van der Waals surface area contributed by atoms with E-state index >= 15 is 4.79 Å². The molecule has 2 aliphatic heterocycles. The minimum absolute atomic E-state index is 0.139. The van der Waals surface area contributed by atoms with Gasteiger partial charge in [-0.3, -0.25) is 29.5 Å². The number of nitrogens with one attached hydrogen (secondary N) is 1. The molecule has 3 heterocycles. The van der Waals surface area contributed by atoms with E-state index in [2.05, 4.69) is 5.43 Å². The van der Waals surface area contributed by atoms with Crippen LogP contribution in [0.15, 0.2) is 107 Å². The van der Waals surface area contributed by atoms with E-state index in [1.54, 1.807) is 36.4 Å². The molecule has 4 amide bonds. The van der Waals surface area contributed by atoms with Crippen LogP contribution in [0.3, 0.4) is 0 Å². The molecule has 10 heteroatoms. The normalized spacial score (nSPS) is 27.2. The molecule has 3 fully saturated rings. The summed E-state index contributed by atoms with van der Waals surface area (Å²) >= 11 is 0. The van der Waals surface area contributed by atoms with Gasteiger partial charge in [-0.2, -0.15) is 5.01 Å². The molecular formula is C40H37N3O7. The number of anilines is 1. The zero-order valence-electron chi connectivity index (χ0n) is 27.5. The Balaban J connectivity index is 1.23. The maximum Gasteiger partial charge on any atom is 0.260 e. The van der Waals surface area contributed by atoms with Crippen molar-refractivity contribution in [3.05, 3.63) is 131 Å². The highest BCUT2D eigenvalue weighted by atomic mass is 16.4. The summed E-state index contributed by atoms with van der Waals surface area (Å²) in [6.07, 6.45) is 2.92. The van der Waals surface area contributed by atoms with Gasteiger partial charge in [-0.15, -0.1) is 0 Å². The van der Waals surface area contributed by atoms with Gasteiger partial charge in [-0.1, -0.05) is 71.8 Å². The molecule has 50 heavy (non-hydrogen) atoms. The molecule has 3 N–H and O–H groups in total. The molecule has 0 unspecified atom stereocenters. The third kappa shape index (κ3) is 4.80. The summed E-state index contributed by atoms with van der Waals surface area (Å²) in [5, 5.41) is 20.8. The molecule has 10 nitrogen and oxygen atoms in total. The fraction of sp³-hybridized carbons (Fsp3) is 0.300. The lowest BCUT2D eigenvalue weighted by atomic mass is 9.50. The molecule has 3 aromatic carbocycles. The highest BCUT2D eigenvalue weighted by Gasteiger charge is 2.71. The summed E-state index contributed by atoms with van der Waals surface area (Å²) in [6, 6.07) is 26.8. The van der Waals surface area contributed by atoms with Gasteiger partial charge in [0.2, 0.25) is 11.8 Å². The number of rotatable bonds is 8. The van der Waals surface area contributed by atoms with Crippen molar-refractivity contribution < 1.29 is 33.8 Å². The quantitative estimate of drug-likeness (QED) is 0.175. The molecule has 4 aliphatic rings. The number of furan rings is 1. The number of hydrogen-bond donors (Lipinski definition) is 3. The largest absolute Gasteiger partial charge is 0.508 e. The number of aromatic hydroxyl groups is 1. The van der Waals surface area contributed by atoms with Gasteiger partial charge < -0.3 is 14.6 Å². The van der Waals surface area contributed by atoms with Crippen molar-refractivity contribution in [2.45, 2.75) is 44.1 Å². The first-order valence-corrected chi connectivity index (χ1v) is 17.0. The van der Waals surface area contributed by atoms with Gasteiger partial charge in [0.25, 0.3) is 11.8 Å². The zero-order chi connectivity index (χ0) is 34.7. The molecule has 1 aromatic heterocycles. The van der Waals surface area contributed by atoms with E-state index in [1.165, 1.54) is 4.90 Å². The lowest BCUT2D eigenvalue weighted by molar-refractivity contribution is -0.141. The number of amides is 4. The predicted octanol–water partition coefficient (Wildman–Crippen LogP) is 5.01. The summed E-state index contributed by atoms with van der Waals surface area (Å²) in [7, 11) is 0. The smallest absolute Gasteiger partial charge is 0.260 e. The van der Waals surface area contributed by atoms with Gasteiger partial charge in [0.05, 0.1) is 29.4 Å². The van der Waals surface area contributed by atoms with Crippen molar-refractivity contribution in [2.75, 3.05) is 12.0 Å². The van der Waals surface area contributed by atoms with Crippen LogP contribution in [-0.2, 0) is 37.6 Å². The molecule has 4 aromatic rings. The molecule has 2 aliphatic carbocycles. The average Bonchev–Trinajstić information content (AvgIpc) is 3.77. The number of hydrogen-bond acceptors (Lipinski definition) is 8. The number of imide groups is 2. The first-order chi connectivity index (χ1) is 24.2. The van der Waals surface area contributed by atoms with Gasteiger partial charge in [0.1, 0.15) is 29.3 Å². The van der Waals surface area contributed by atoms with Gasteiger partial charge in [0.15, 0.2) is 0 Å². The Kier molecular flexibility index (Phi) is 7.71. The van der Waals surface area contributed by atoms with Crippen LogP contribution in [0.1, 0.15) is 47.0 Å². The van der Waals surface area contributed by atoms with E-state index in [0.29, 0.717) is 35.6 Å². The summed E-state index contributed by atoms with van der Waals surface area (Å²) in [5.74, 6) is -3.96. The number of hydrazine groups is 1. The number of benzene rings is 3. The molecule has 6 atom stereocenters. The van der Waals surface area contributed by atoms with E-state index in [1.807, 2.05) is 67.6 Å². The Bertz CT molecular complexity index is 2020. The fourth-order valence-electron chi connectivity index (χ4n) is 8.88. The number of phenols is 1. The molecular weight excluding hydrogens is 634 g/mol. The molecule has 0 spiro atoms. The highest BCUT2D eigenvalue weighted by Crippen LogP contribution is 2.64. The number of fused-ring (bicyclic) bond motifs is 4. The van der Waals surface area contributed by atoms with E-state index in [0.717, 1.165) is 21.7 Å². The van der Waals surface area contributed by atoms with Crippen LogP contribution in [0.5, 0.6) is 5.75 Å². The average molecular weight is 672 g/mol. The number of allylic oxidation sites excluding steroid dienone is 2. The SMILES string of the molecule is Cc1ccc(NN2C(=O)[C@@H]3C[C@@H]4C(=CC[C@@H]5C(=O)N(CCc6ccc(O)cc6)C(=O)[C@@H]54)[C@H](c4ccc(CO)o4)[C@]3(c3ccccc3)C2=O)cc1. The predicted molar refractivity (Wildman–Crippen MR) is 182 cm³/mol. The topological polar surface area (TPSA) is 140 Å². The second-order valence-electron chi connectivity index (χ2n) is 13.8. The third-order valence-corrected chi connectivity index (χ3v) is 11.2. The summed E-state index contributed by atoms with van der Waals surface area (Å²) in [4.78, 5) is 59.3. The minimum Gasteiger partial charge on any atom is -0.508 e. The molecule has 254 valence electrons. The third-order valence-electron chi connectivity index (χ3n) is 11.2. The number of phenolic OH excluding ortho intramolecular Hbond substituents is 1. The lowest BCUT2D eigenvalue weighted by Crippen LogP contribution is -2.53. The second kappa shape index (κ2) is 12.1. The molecule has 2 saturated heterocycles. The zero-order valence-corrected chi connectivity index (χ0v) is 27.5. The number of likely N-dealkylation sites (tertiary alicyclic amines) is 1. The van der Waals surface area contributed by atoms with E-state index in [9.17, 15) is 24.6 Å². The van der Waals surface area contributed by atoms with Gasteiger partial charge in [-0.05, 0) is 79.6 Å². The Morgan fingerprint density at radius 1 is 0.860 bits per heavy atom. The van der Waals surface area contributed by atoms with Crippen molar-refractivity contribution in [2.24, 2.45) is 23.7 Å². The van der Waals surface area contributed by atoms with Crippen LogP contribution in [-0.4, -0.2) is 50.3 Å². The number of aliphatic hydroxyl groups excluding tert-OH is 1. The van der Waals surface area contributed by atoms with Crippen LogP contribution in [0.25, 0.3) is 0 Å². The Morgan fingerprint density at radius 3 is 2.30 bits per heavy atom. The van der Waals surface area contributed by atoms with Gasteiger partial charge in [-0.25, -0.2) is 0 Å². The number of nitrogens with zero attached hydrogens (tertiary/aromatic N) is 2. The van der Waals surface area contributed by atoms with Crippen molar-refractivity contribution in [1.29, 1.82) is 0 Å². The first-order valence-electron chi connectivity index (χ1n) is 17.0. The monoisotopic (exact) mass is 671 g/mol.